The van der Waals surface area contributed by atoms with Crippen LogP contribution in [0.25, 0.3) is 115 Å². The standard InChI is InChI=1S/C51H30N4OS/c1-3-13-31(14-4-1)49-52-50(32-15-5-2-6-16-32)54-51(53-49)34-26-28-45-40(29-34)38-27-25-33(30-46(38)57-45)35-19-11-20-39-47-43(23-12-24-44(47)56-48(35)39)55-41-21-9-7-17-36(41)37-18-8-10-22-42(37)55/h1-30H. The maximum Gasteiger partial charge on any atom is 0.164 e. The van der Waals surface area contributed by atoms with E-state index in [1.165, 1.54) is 42.0 Å². The summed E-state index contributed by atoms with van der Waals surface area (Å²) in [5.41, 5.74) is 10.3. The summed E-state index contributed by atoms with van der Waals surface area (Å²) in [5.74, 6) is 1.96. The summed E-state index contributed by atoms with van der Waals surface area (Å²) in [6, 6.07) is 63.7. The summed E-state index contributed by atoms with van der Waals surface area (Å²) >= 11 is 1.80. The van der Waals surface area contributed by atoms with Gasteiger partial charge in [0, 0.05) is 58.6 Å². The zero-order valence-corrected chi connectivity index (χ0v) is 31.2. The van der Waals surface area contributed by atoms with Gasteiger partial charge in [-0.3, -0.25) is 0 Å². The molecule has 0 unspecified atom stereocenters. The zero-order chi connectivity index (χ0) is 37.5. The molecular formula is C51H30N4OS. The molecule has 0 saturated carbocycles. The van der Waals surface area contributed by atoms with Gasteiger partial charge in [-0.25, -0.2) is 15.0 Å². The number of benzene rings is 8. The van der Waals surface area contributed by atoms with E-state index in [1.807, 2.05) is 60.7 Å². The van der Waals surface area contributed by atoms with Crippen molar-refractivity contribution in [3.63, 3.8) is 0 Å². The van der Waals surface area contributed by atoms with Crippen molar-refractivity contribution in [1.82, 2.24) is 19.5 Å². The molecule has 4 heterocycles. The molecule has 0 fully saturated rings. The first-order valence-corrected chi connectivity index (χ1v) is 19.8. The monoisotopic (exact) mass is 746 g/mol. The van der Waals surface area contributed by atoms with Crippen LogP contribution in [0.1, 0.15) is 0 Å². The van der Waals surface area contributed by atoms with E-state index in [1.54, 1.807) is 11.3 Å². The van der Waals surface area contributed by atoms with E-state index in [0.29, 0.717) is 17.5 Å². The Balaban J connectivity index is 0.987. The Hall–Kier alpha value is -7.41. The molecule has 0 saturated heterocycles. The van der Waals surface area contributed by atoms with Gasteiger partial charge in [-0.05, 0) is 54.1 Å². The van der Waals surface area contributed by atoms with Gasteiger partial charge in [-0.2, -0.15) is 0 Å². The Labute approximate surface area is 330 Å². The largest absolute Gasteiger partial charge is 0.455 e. The zero-order valence-electron chi connectivity index (χ0n) is 30.4. The summed E-state index contributed by atoms with van der Waals surface area (Å²) in [6.07, 6.45) is 0. The number of thiophene rings is 1. The van der Waals surface area contributed by atoms with Gasteiger partial charge in [0.1, 0.15) is 11.2 Å². The highest BCUT2D eigenvalue weighted by Gasteiger charge is 2.20. The highest BCUT2D eigenvalue weighted by atomic mass is 32.1. The smallest absolute Gasteiger partial charge is 0.164 e. The minimum atomic E-state index is 0.650. The van der Waals surface area contributed by atoms with Crippen LogP contribution < -0.4 is 0 Å². The number of aromatic nitrogens is 4. The molecule has 0 aliphatic rings. The highest BCUT2D eigenvalue weighted by Crippen LogP contribution is 2.43. The molecule has 8 aromatic carbocycles. The van der Waals surface area contributed by atoms with Crippen molar-refractivity contribution in [3.8, 4) is 51.0 Å². The molecule has 12 rings (SSSR count). The van der Waals surface area contributed by atoms with Crippen LogP contribution in [0.5, 0.6) is 0 Å². The summed E-state index contributed by atoms with van der Waals surface area (Å²) < 4.78 is 11.6. The lowest BCUT2D eigenvalue weighted by Gasteiger charge is -2.09. The Morgan fingerprint density at radius 3 is 1.70 bits per heavy atom. The molecule has 0 amide bonds. The van der Waals surface area contributed by atoms with Gasteiger partial charge in [0.05, 0.1) is 22.1 Å². The highest BCUT2D eigenvalue weighted by molar-refractivity contribution is 7.25. The predicted octanol–water partition coefficient (Wildman–Crippen LogP) is 13.9. The van der Waals surface area contributed by atoms with E-state index in [2.05, 4.69) is 126 Å². The first kappa shape index (κ1) is 31.9. The van der Waals surface area contributed by atoms with E-state index in [-0.39, 0.29) is 0 Å². The Morgan fingerprint density at radius 2 is 1.00 bits per heavy atom. The molecule has 0 aliphatic carbocycles. The van der Waals surface area contributed by atoms with Crippen molar-refractivity contribution >= 4 is 75.3 Å². The number of hydrogen-bond donors (Lipinski definition) is 0. The average Bonchev–Trinajstić information content (AvgIpc) is 3.96. The summed E-state index contributed by atoms with van der Waals surface area (Å²) in [6.45, 7) is 0. The Morgan fingerprint density at radius 1 is 0.404 bits per heavy atom. The summed E-state index contributed by atoms with van der Waals surface area (Å²) in [7, 11) is 0. The number of rotatable bonds is 5. The van der Waals surface area contributed by atoms with Gasteiger partial charge >= 0.3 is 0 Å². The van der Waals surface area contributed by atoms with Crippen LogP contribution in [0.3, 0.4) is 0 Å². The fourth-order valence-electron chi connectivity index (χ4n) is 8.45. The summed E-state index contributed by atoms with van der Waals surface area (Å²) in [5, 5.41) is 7.07. The Kier molecular flexibility index (Phi) is 7.03. The third-order valence-electron chi connectivity index (χ3n) is 11.1. The van der Waals surface area contributed by atoms with Gasteiger partial charge in [-0.1, -0.05) is 133 Å². The molecule has 6 heteroatoms. The molecule has 0 atom stereocenters. The molecule has 0 aliphatic heterocycles. The maximum atomic E-state index is 6.79. The first-order valence-electron chi connectivity index (χ1n) is 19.0. The number of nitrogens with zero attached hydrogens (tertiary/aromatic N) is 4. The lowest BCUT2D eigenvalue weighted by molar-refractivity contribution is 0.670. The molecule has 0 N–H and O–H groups in total. The van der Waals surface area contributed by atoms with Crippen molar-refractivity contribution in [3.05, 3.63) is 182 Å². The van der Waals surface area contributed by atoms with Crippen LogP contribution in [-0.2, 0) is 0 Å². The van der Waals surface area contributed by atoms with Crippen molar-refractivity contribution in [2.45, 2.75) is 0 Å². The minimum Gasteiger partial charge on any atom is -0.455 e. The summed E-state index contributed by atoms with van der Waals surface area (Å²) in [4.78, 5) is 14.9. The van der Waals surface area contributed by atoms with Crippen LogP contribution in [0.2, 0.25) is 0 Å². The number of fused-ring (bicyclic) bond motifs is 9. The van der Waals surface area contributed by atoms with E-state index in [0.717, 1.165) is 55.4 Å². The van der Waals surface area contributed by atoms with Crippen LogP contribution in [0.4, 0.5) is 0 Å². The predicted molar refractivity (Wildman–Crippen MR) is 236 cm³/mol. The molecule has 5 nitrogen and oxygen atoms in total. The maximum absolute atomic E-state index is 6.79. The lowest BCUT2D eigenvalue weighted by atomic mass is 10.0. The molecule has 0 radical (unpaired) electrons. The number of para-hydroxylation sites is 3. The number of furan rings is 1. The molecule has 266 valence electrons. The molecule has 0 bridgehead atoms. The third-order valence-corrected chi connectivity index (χ3v) is 12.2. The van der Waals surface area contributed by atoms with Gasteiger partial charge in [0.15, 0.2) is 17.5 Å². The van der Waals surface area contributed by atoms with Crippen LogP contribution in [-0.4, -0.2) is 19.5 Å². The average molecular weight is 747 g/mol. The van der Waals surface area contributed by atoms with Gasteiger partial charge < -0.3 is 8.98 Å². The van der Waals surface area contributed by atoms with E-state index in [4.69, 9.17) is 19.4 Å². The fraction of sp³-hybridized carbons (Fsp3) is 0. The minimum absolute atomic E-state index is 0.650. The number of hydrogen-bond acceptors (Lipinski definition) is 5. The van der Waals surface area contributed by atoms with Crippen molar-refractivity contribution < 1.29 is 4.42 Å². The third kappa shape index (κ3) is 5.04. The fourth-order valence-corrected chi connectivity index (χ4v) is 9.57. The Bertz CT molecular complexity index is 3420. The van der Waals surface area contributed by atoms with Crippen LogP contribution in [0.15, 0.2) is 186 Å². The van der Waals surface area contributed by atoms with E-state index in [9.17, 15) is 0 Å². The second kappa shape index (κ2) is 12.6. The van der Waals surface area contributed by atoms with Crippen molar-refractivity contribution in [2.24, 2.45) is 0 Å². The van der Waals surface area contributed by atoms with E-state index < -0.39 is 0 Å². The molecule has 12 aromatic rings. The SMILES string of the molecule is c1ccc(-c2nc(-c3ccccc3)nc(-c3ccc4sc5cc(-c6cccc7c6oc6cccc(-n8c9ccccc9c9ccccc98)c67)ccc5c4c3)n2)cc1. The second-order valence-corrected chi connectivity index (χ2v) is 15.5. The molecule has 0 spiro atoms. The van der Waals surface area contributed by atoms with Gasteiger partial charge in [0.2, 0.25) is 0 Å². The molecular weight excluding hydrogens is 717 g/mol. The molecule has 4 aromatic heterocycles. The van der Waals surface area contributed by atoms with Gasteiger partial charge in [0.25, 0.3) is 0 Å². The van der Waals surface area contributed by atoms with Crippen molar-refractivity contribution in [2.75, 3.05) is 0 Å². The second-order valence-electron chi connectivity index (χ2n) is 14.4. The van der Waals surface area contributed by atoms with Crippen LogP contribution >= 0.6 is 11.3 Å². The topological polar surface area (TPSA) is 56.7 Å². The van der Waals surface area contributed by atoms with Crippen molar-refractivity contribution in [1.29, 1.82) is 0 Å². The quantitative estimate of drug-likeness (QED) is 0.176. The van der Waals surface area contributed by atoms with Gasteiger partial charge in [-0.15, -0.1) is 11.3 Å². The van der Waals surface area contributed by atoms with Crippen LogP contribution in [0, 0.1) is 0 Å². The first-order chi connectivity index (χ1) is 28.2. The molecule has 57 heavy (non-hydrogen) atoms. The van der Waals surface area contributed by atoms with E-state index >= 15 is 0 Å². The lowest BCUT2D eigenvalue weighted by Crippen LogP contribution is -2.00. The normalized spacial score (nSPS) is 11.9.